The topological polar surface area (TPSA) is 94.0 Å². The number of pyridine rings is 1. The summed E-state index contributed by atoms with van der Waals surface area (Å²) in [5, 5.41) is 14.3. The van der Waals surface area contributed by atoms with E-state index in [1.807, 2.05) is 31.2 Å². The van der Waals surface area contributed by atoms with E-state index < -0.39 is 5.97 Å². The van der Waals surface area contributed by atoms with Gasteiger partial charge in [0.25, 0.3) is 5.89 Å². The molecule has 0 saturated heterocycles. The first kappa shape index (κ1) is 16.7. The molecule has 0 bridgehead atoms. The average molecular weight is 374 g/mol. The van der Waals surface area contributed by atoms with Gasteiger partial charge in [-0.1, -0.05) is 5.16 Å². The minimum Gasteiger partial charge on any atom is -0.481 e. The maximum Gasteiger partial charge on any atom is 0.304 e. The minimum atomic E-state index is -0.755. The van der Waals surface area contributed by atoms with Crippen LogP contribution in [-0.4, -0.2) is 30.8 Å². The third-order valence-electron chi connectivity index (χ3n) is 5.43. The van der Waals surface area contributed by atoms with Crippen LogP contribution in [0.1, 0.15) is 30.0 Å². The van der Waals surface area contributed by atoms with Gasteiger partial charge in [-0.05, 0) is 49.2 Å². The zero-order valence-corrected chi connectivity index (χ0v) is 15.3. The number of aliphatic carboxylic acids is 1. The number of fused-ring (bicyclic) bond motifs is 3. The van der Waals surface area contributed by atoms with Gasteiger partial charge in [0.05, 0.1) is 12.0 Å². The predicted molar refractivity (Wildman–Crippen MR) is 103 cm³/mol. The van der Waals surface area contributed by atoms with Crippen molar-refractivity contribution in [2.24, 2.45) is 0 Å². The van der Waals surface area contributed by atoms with Crippen LogP contribution in [0.25, 0.3) is 33.7 Å². The van der Waals surface area contributed by atoms with Gasteiger partial charge < -0.3 is 14.2 Å². The van der Waals surface area contributed by atoms with Gasteiger partial charge in [-0.25, -0.2) is 0 Å². The Morgan fingerprint density at radius 1 is 1.32 bits per heavy atom. The Balaban J connectivity index is 1.51. The van der Waals surface area contributed by atoms with Gasteiger partial charge in [0.2, 0.25) is 5.82 Å². The highest BCUT2D eigenvalue weighted by atomic mass is 16.5. The first-order valence-corrected chi connectivity index (χ1v) is 9.20. The van der Waals surface area contributed by atoms with Crippen LogP contribution in [0, 0.1) is 6.92 Å². The molecule has 0 amide bonds. The lowest BCUT2D eigenvalue weighted by Crippen LogP contribution is -2.02. The molecular weight excluding hydrogens is 356 g/mol. The van der Waals surface area contributed by atoms with Crippen molar-refractivity contribution in [3.63, 3.8) is 0 Å². The molecule has 140 valence electrons. The van der Waals surface area contributed by atoms with E-state index in [1.54, 1.807) is 12.4 Å². The molecule has 0 unspecified atom stereocenters. The lowest BCUT2D eigenvalue weighted by Gasteiger charge is -2.04. The molecule has 1 atom stereocenters. The Morgan fingerprint density at radius 3 is 3.04 bits per heavy atom. The van der Waals surface area contributed by atoms with Crippen molar-refractivity contribution >= 4 is 16.9 Å². The van der Waals surface area contributed by atoms with E-state index in [2.05, 4.69) is 25.8 Å². The number of aromatic nitrogens is 4. The molecule has 0 saturated carbocycles. The highest BCUT2D eigenvalue weighted by Gasteiger charge is 2.27. The molecule has 5 rings (SSSR count). The first-order valence-electron chi connectivity index (χ1n) is 9.20. The molecule has 7 heteroatoms. The summed E-state index contributed by atoms with van der Waals surface area (Å²) >= 11 is 0. The predicted octanol–water partition coefficient (Wildman–Crippen LogP) is 4.02. The van der Waals surface area contributed by atoms with E-state index in [9.17, 15) is 4.79 Å². The number of rotatable bonds is 4. The monoisotopic (exact) mass is 374 g/mol. The number of aryl methyl sites for hydroxylation is 2. The van der Waals surface area contributed by atoms with Crippen molar-refractivity contribution in [2.45, 2.75) is 32.2 Å². The molecular formula is C21H18N4O3. The summed E-state index contributed by atoms with van der Waals surface area (Å²) in [6.45, 7) is 2.83. The zero-order chi connectivity index (χ0) is 19.3. The largest absolute Gasteiger partial charge is 0.481 e. The summed E-state index contributed by atoms with van der Waals surface area (Å²) in [5.41, 5.74) is 4.91. The average Bonchev–Trinajstić information content (AvgIpc) is 3.38. The van der Waals surface area contributed by atoms with Gasteiger partial charge in [-0.15, -0.1) is 0 Å². The van der Waals surface area contributed by atoms with Crippen LogP contribution in [0.4, 0.5) is 0 Å². The second-order valence-electron chi connectivity index (χ2n) is 7.19. The summed E-state index contributed by atoms with van der Waals surface area (Å²) in [6.07, 6.45) is 4.49. The second kappa shape index (κ2) is 6.30. The molecule has 1 N–H and O–H groups in total. The van der Waals surface area contributed by atoms with E-state index in [0.29, 0.717) is 11.7 Å². The molecule has 0 spiro atoms. The number of carboxylic acid groups (broad SMARTS) is 1. The molecule has 1 aliphatic rings. The van der Waals surface area contributed by atoms with E-state index in [0.717, 1.165) is 46.3 Å². The highest BCUT2D eigenvalue weighted by Crippen LogP contribution is 2.37. The third kappa shape index (κ3) is 2.67. The third-order valence-corrected chi connectivity index (χ3v) is 5.43. The van der Waals surface area contributed by atoms with E-state index in [4.69, 9.17) is 9.63 Å². The standard InChI is InChI=1S/C21H18N4O3/c1-12-4-6-22-11-16(12)21-23-20(24-28-21)14-2-3-17-15(8-14)9-18-13(10-19(26)27)5-7-25(17)18/h2-4,6,8-9,11,13H,5,7,10H2,1H3,(H,26,27)/t13-/m0/s1. The maximum atomic E-state index is 11.1. The fourth-order valence-electron chi connectivity index (χ4n) is 4.01. The fourth-order valence-corrected chi connectivity index (χ4v) is 4.01. The Bertz CT molecular complexity index is 1210. The van der Waals surface area contributed by atoms with E-state index in [-0.39, 0.29) is 12.3 Å². The Morgan fingerprint density at radius 2 is 2.21 bits per heavy atom. The van der Waals surface area contributed by atoms with Gasteiger partial charge in [-0.3, -0.25) is 9.78 Å². The zero-order valence-electron chi connectivity index (χ0n) is 15.3. The molecule has 0 radical (unpaired) electrons. The van der Waals surface area contributed by atoms with Crippen molar-refractivity contribution in [3.05, 3.63) is 54.0 Å². The number of carboxylic acids is 1. The van der Waals surface area contributed by atoms with E-state index in [1.165, 1.54) is 0 Å². The van der Waals surface area contributed by atoms with Crippen LogP contribution in [0.3, 0.4) is 0 Å². The quantitative estimate of drug-likeness (QED) is 0.580. The van der Waals surface area contributed by atoms with Gasteiger partial charge >= 0.3 is 5.97 Å². The van der Waals surface area contributed by atoms with Crippen LogP contribution in [-0.2, 0) is 11.3 Å². The van der Waals surface area contributed by atoms with Gasteiger partial charge in [0.15, 0.2) is 0 Å². The Kier molecular flexibility index (Phi) is 3.75. The minimum absolute atomic E-state index is 0.0682. The van der Waals surface area contributed by atoms with Crippen LogP contribution >= 0.6 is 0 Å². The summed E-state index contributed by atoms with van der Waals surface area (Å²) in [6, 6.07) is 10.0. The van der Waals surface area contributed by atoms with Crippen LogP contribution in [0.2, 0.25) is 0 Å². The number of benzene rings is 1. The lowest BCUT2D eigenvalue weighted by atomic mass is 10.0. The lowest BCUT2D eigenvalue weighted by molar-refractivity contribution is -0.137. The summed E-state index contributed by atoms with van der Waals surface area (Å²) in [5.74, 6) is 0.281. The summed E-state index contributed by atoms with van der Waals surface area (Å²) < 4.78 is 7.66. The van der Waals surface area contributed by atoms with Crippen molar-refractivity contribution < 1.29 is 14.4 Å². The fraction of sp³-hybridized carbons (Fsp3) is 0.238. The number of hydrogen-bond donors (Lipinski definition) is 1. The smallest absolute Gasteiger partial charge is 0.304 e. The number of nitrogens with zero attached hydrogens (tertiary/aromatic N) is 4. The summed E-state index contributed by atoms with van der Waals surface area (Å²) in [4.78, 5) is 19.8. The molecule has 0 aliphatic carbocycles. The van der Waals surface area contributed by atoms with Crippen LogP contribution in [0.5, 0.6) is 0 Å². The molecule has 7 nitrogen and oxygen atoms in total. The number of carbonyl (C=O) groups is 1. The SMILES string of the molecule is Cc1ccncc1-c1nc(-c2ccc3c(c2)cc2n3CC[C@H]2CC(=O)O)no1. The van der Waals surface area contributed by atoms with Gasteiger partial charge in [-0.2, -0.15) is 4.98 Å². The van der Waals surface area contributed by atoms with Crippen LogP contribution < -0.4 is 0 Å². The first-order chi connectivity index (χ1) is 13.6. The van der Waals surface area contributed by atoms with Gasteiger partial charge in [0.1, 0.15) is 0 Å². The molecule has 4 aromatic rings. The van der Waals surface area contributed by atoms with Crippen LogP contribution in [0.15, 0.2) is 47.2 Å². The molecule has 3 aromatic heterocycles. The molecule has 1 aliphatic heterocycles. The second-order valence-corrected chi connectivity index (χ2v) is 7.19. The molecule has 0 fully saturated rings. The molecule has 4 heterocycles. The summed E-state index contributed by atoms with van der Waals surface area (Å²) in [7, 11) is 0. The van der Waals surface area contributed by atoms with Crippen molar-refractivity contribution in [2.75, 3.05) is 0 Å². The van der Waals surface area contributed by atoms with Crippen molar-refractivity contribution in [1.82, 2.24) is 19.7 Å². The van der Waals surface area contributed by atoms with E-state index >= 15 is 0 Å². The molecule has 1 aromatic carbocycles. The Labute approximate surface area is 160 Å². The normalized spacial score (nSPS) is 15.8. The highest BCUT2D eigenvalue weighted by molar-refractivity contribution is 5.86. The van der Waals surface area contributed by atoms with Gasteiger partial charge in [0, 0.05) is 47.0 Å². The van der Waals surface area contributed by atoms with Crippen molar-refractivity contribution in [3.8, 4) is 22.8 Å². The van der Waals surface area contributed by atoms with Crippen molar-refractivity contribution in [1.29, 1.82) is 0 Å². The Hall–Kier alpha value is -3.48. The molecule has 28 heavy (non-hydrogen) atoms. The maximum absolute atomic E-state index is 11.1. The number of hydrogen-bond acceptors (Lipinski definition) is 5.